The van der Waals surface area contributed by atoms with E-state index in [0.717, 1.165) is 17.2 Å². The van der Waals surface area contributed by atoms with Gasteiger partial charge < -0.3 is 10.1 Å². The van der Waals surface area contributed by atoms with Gasteiger partial charge in [0.05, 0.1) is 0 Å². The summed E-state index contributed by atoms with van der Waals surface area (Å²) in [6.07, 6.45) is 1.60. The average molecular weight is 298 g/mol. The number of nitrogens with one attached hydrogen (secondary N) is 1. The third-order valence-electron chi connectivity index (χ3n) is 2.71. The first kappa shape index (κ1) is 13.4. The summed E-state index contributed by atoms with van der Waals surface area (Å²) in [7, 11) is 0. The van der Waals surface area contributed by atoms with Crippen LogP contribution in [0, 0.1) is 0 Å². The number of rotatable bonds is 4. The molecule has 104 valence electrons. The molecule has 0 atom stereocenters. The summed E-state index contributed by atoms with van der Waals surface area (Å²) in [5.74, 6) is 2.16. The molecule has 0 amide bonds. The fraction of sp³-hybridized carbons (Fsp3) is 0. The van der Waals surface area contributed by atoms with E-state index >= 15 is 0 Å². The first-order chi connectivity index (χ1) is 10.3. The summed E-state index contributed by atoms with van der Waals surface area (Å²) in [6.45, 7) is 0. The molecule has 1 aromatic heterocycles. The van der Waals surface area contributed by atoms with E-state index in [-0.39, 0.29) is 5.28 Å². The van der Waals surface area contributed by atoms with Crippen LogP contribution in [0.25, 0.3) is 0 Å². The Bertz CT molecular complexity index is 734. The zero-order valence-corrected chi connectivity index (χ0v) is 11.8. The minimum absolute atomic E-state index is 0.205. The maximum atomic E-state index is 5.78. The first-order valence-electron chi connectivity index (χ1n) is 6.38. The number of nitrogens with zero attached hydrogens (tertiary/aromatic N) is 2. The van der Waals surface area contributed by atoms with Crippen LogP contribution in [-0.2, 0) is 0 Å². The topological polar surface area (TPSA) is 47.0 Å². The third kappa shape index (κ3) is 3.70. The van der Waals surface area contributed by atoms with Crippen LogP contribution in [0.2, 0.25) is 5.28 Å². The summed E-state index contributed by atoms with van der Waals surface area (Å²) in [4.78, 5) is 7.93. The summed E-state index contributed by atoms with van der Waals surface area (Å²) < 4.78 is 5.78. The first-order valence-corrected chi connectivity index (χ1v) is 6.76. The Morgan fingerprint density at radius 1 is 0.905 bits per heavy atom. The van der Waals surface area contributed by atoms with Crippen LogP contribution >= 0.6 is 11.6 Å². The average Bonchev–Trinajstić information content (AvgIpc) is 2.49. The van der Waals surface area contributed by atoms with Crippen molar-refractivity contribution in [2.45, 2.75) is 0 Å². The maximum Gasteiger partial charge on any atom is 0.224 e. The Morgan fingerprint density at radius 3 is 2.52 bits per heavy atom. The Morgan fingerprint density at radius 2 is 1.71 bits per heavy atom. The normalized spacial score (nSPS) is 10.1. The van der Waals surface area contributed by atoms with E-state index in [4.69, 9.17) is 16.3 Å². The van der Waals surface area contributed by atoms with E-state index in [1.807, 2.05) is 54.6 Å². The van der Waals surface area contributed by atoms with Gasteiger partial charge in [-0.3, -0.25) is 0 Å². The van der Waals surface area contributed by atoms with Crippen molar-refractivity contribution in [1.29, 1.82) is 0 Å². The Labute approximate surface area is 127 Å². The molecular formula is C16H12ClN3O. The van der Waals surface area contributed by atoms with Gasteiger partial charge in [0.25, 0.3) is 0 Å². The van der Waals surface area contributed by atoms with Gasteiger partial charge in [0.15, 0.2) is 0 Å². The number of aromatic nitrogens is 2. The molecule has 0 saturated heterocycles. The number of hydrogen-bond acceptors (Lipinski definition) is 4. The summed E-state index contributed by atoms with van der Waals surface area (Å²) in [5, 5.41) is 3.36. The van der Waals surface area contributed by atoms with Crippen molar-refractivity contribution in [3.63, 3.8) is 0 Å². The molecule has 21 heavy (non-hydrogen) atoms. The molecule has 0 radical (unpaired) electrons. The fourth-order valence-electron chi connectivity index (χ4n) is 1.81. The second-order valence-electron chi connectivity index (χ2n) is 4.28. The molecule has 1 heterocycles. The highest BCUT2D eigenvalue weighted by Crippen LogP contribution is 2.25. The maximum absolute atomic E-state index is 5.78. The second-order valence-corrected chi connectivity index (χ2v) is 4.62. The lowest BCUT2D eigenvalue weighted by atomic mass is 10.3. The highest BCUT2D eigenvalue weighted by atomic mass is 35.5. The van der Waals surface area contributed by atoms with Crippen LogP contribution < -0.4 is 10.1 Å². The van der Waals surface area contributed by atoms with Crippen molar-refractivity contribution in [2.75, 3.05) is 5.32 Å². The van der Waals surface area contributed by atoms with E-state index in [2.05, 4.69) is 15.3 Å². The van der Waals surface area contributed by atoms with E-state index in [1.165, 1.54) is 0 Å². The van der Waals surface area contributed by atoms with Crippen LogP contribution in [0.3, 0.4) is 0 Å². The lowest BCUT2D eigenvalue weighted by Gasteiger charge is -2.09. The summed E-state index contributed by atoms with van der Waals surface area (Å²) in [6, 6.07) is 19.0. The molecule has 0 aliphatic rings. The molecule has 4 nitrogen and oxygen atoms in total. The molecule has 0 spiro atoms. The number of benzene rings is 2. The van der Waals surface area contributed by atoms with Crippen molar-refractivity contribution >= 4 is 23.1 Å². The smallest absolute Gasteiger partial charge is 0.224 e. The molecule has 0 aliphatic carbocycles. The van der Waals surface area contributed by atoms with Gasteiger partial charge in [-0.2, -0.15) is 0 Å². The Balaban J connectivity index is 1.77. The molecule has 3 rings (SSSR count). The molecule has 5 heteroatoms. The molecule has 0 aliphatic heterocycles. The van der Waals surface area contributed by atoms with Crippen LogP contribution in [0.4, 0.5) is 11.5 Å². The number of anilines is 2. The largest absolute Gasteiger partial charge is 0.457 e. The van der Waals surface area contributed by atoms with E-state index in [1.54, 1.807) is 12.3 Å². The van der Waals surface area contributed by atoms with Gasteiger partial charge in [0.2, 0.25) is 5.28 Å². The fourth-order valence-corrected chi connectivity index (χ4v) is 1.96. The minimum Gasteiger partial charge on any atom is -0.457 e. The number of halogens is 1. The van der Waals surface area contributed by atoms with E-state index in [0.29, 0.717) is 5.82 Å². The molecule has 3 aromatic rings. The predicted octanol–water partition coefficient (Wildman–Crippen LogP) is 4.67. The van der Waals surface area contributed by atoms with Gasteiger partial charge >= 0.3 is 0 Å². The Hall–Kier alpha value is -2.59. The number of hydrogen-bond donors (Lipinski definition) is 1. The van der Waals surface area contributed by atoms with Gasteiger partial charge in [-0.1, -0.05) is 24.3 Å². The zero-order valence-electron chi connectivity index (χ0n) is 11.0. The monoisotopic (exact) mass is 297 g/mol. The summed E-state index contributed by atoms with van der Waals surface area (Å²) >= 11 is 5.76. The van der Waals surface area contributed by atoms with Crippen LogP contribution in [0.15, 0.2) is 66.9 Å². The van der Waals surface area contributed by atoms with Gasteiger partial charge in [0.1, 0.15) is 17.3 Å². The summed E-state index contributed by atoms with van der Waals surface area (Å²) in [5.41, 5.74) is 0.859. The zero-order chi connectivity index (χ0) is 14.5. The van der Waals surface area contributed by atoms with Gasteiger partial charge in [-0.15, -0.1) is 0 Å². The number of ether oxygens (including phenoxy) is 1. The highest BCUT2D eigenvalue weighted by Gasteiger charge is 2.01. The van der Waals surface area contributed by atoms with Crippen molar-refractivity contribution in [2.24, 2.45) is 0 Å². The van der Waals surface area contributed by atoms with E-state index < -0.39 is 0 Å². The van der Waals surface area contributed by atoms with Gasteiger partial charge in [-0.05, 0) is 41.9 Å². The molecule has 0 fully saturated rings. The molecule has 0 bridgehead atoms. The molecule has 2 aromatic carbocycles. The second kappa shape index (κ2) is 6.24. The Kier molecular flexibility index (Phi) is 3.98. The molecule has 1 N–H and O–H groups in total. The van der Waals surface area contributed by atoms with Crippen molar-refractivity contribution < 1.29 is 4.74 Å². The molecular weight excluding hydrogens is 286 g/mol. The minimum atomic E-state index is 0.205. The van der Waals surface area contributed by atoms with Crippen LogP contribution in [0.1, 0.15) is 0 Å². The standard InChI is InChI=1S/C16H12ClN3O/c17-16-18-10-9-15(20-16)19-12-5-4-8-14(11-12)21-13-6-2-1-3-7-13/h1-11H,(H,18,19,20). The lowest BCUT2D eigenvalue weighted by molar-refractivity contribution is 0.483. The third-order valence-corrected chi connectivity index (χ3v) is 2.89. The van der Waals surface area contributed by atoms with Crippen molar-refractivity contribution in [1.82, 2.24) is 9.97 Å². The lowest BCUT2D eigenvalue weighted by Crippen LogP contribution is -1.95. The molecule has 0 unspecified atom stereocenters. The highest BCUT2D eigenvalue weighted by molar-refractivity contribution is 6.28. The van der Waals surface area contributed by atoms with Crippen LogP contribution in [-0.4, -0.2) is 9.97 Å². The molecule has 0 saturated carbocycles. The van der Waals surface area contributed by atoms with Crippen molar-refractivity contribution in [3.8, 4) is 11.5 Å². The van der Waals surface area contributed by atoms with Crippen molar-refractivity contribution in [3.05, 3.63) is 72.1 Å². The predicted molar refractivity (Wildman–Crippen MR) is 83.3 cm³/mol. The number of para-hydroxylation sites is 1. The van der Waals surface area contributed by atoms with E-state index in [9.17, 15) is 0 Å². The van der Waals surface area contributed by atoms with Gasteiger partial charge in [0, 0.05) is 18.0 Å². The SMILES string of the molecule is Clc1nccc(Nc2cccc(Oc3ccccc3)c2)n1. The quantitative estimate of drug-likeness (QED) is 0.711. The van der Waals surface area contributed by atoms with Gasteiger partial charge in [-0.25, -0.2) is 9.97 Å². The van der Waals surface area contributed by atoms with Crippen LogP contribution in [0.5, 0.6) is 11.5 Å².